The molecule has 1 heterocycles. The monoisotopic (exact) mass is 429 g/mol. The topological polar surface area (TPSA) is 25.8 Å². The van der Waals surface area contributed by atoms with E-state index in [0.29, 0.717) is 0 Å². The molecule has 0 atom stereocenters. The van der Waals surface area contributed by atoms with Crippen LogP contribution in [0.4, 0.5) is 0 Å². The summed E-state index contributed by atoms with van der Waals surface area (Å²) in [6.45, 7) is 0. The van der Waals surface area contributed by atoms with E-state index in [1.807, 2.05) is 6.26 Å². The van der Waals surface area contributed by atoms with Gasteiger partial charge in [-0.1, -0.05) is 24.0 Å². The Morgan fingerprint density at radius 1 is 1.43 bits per heavy atom. The average molecular weight is 429 g/mol. The zero-order valence-corrected chi connectivity index (χ0v) is 13.1. The summed E-state index contributed by atoms with van der Waals surface area (Å²) < 4.78 is 0. The van der Waals surface area contributed by atoms with E-state index in [1.165, 1.54) is 5.56 Å². The molecule has 2 rings (SSSR count). The maximum absolute atomic E-state index is 4.46. The van der Waals surface area contributed by atoms with Crippen LogP contribution in [-0.4, -0.2) is 16.2 Å². The number of allylic oxidation sites excluding steroid dienone is 2. The first kappa shape index (κ1) is 12.3. The van der Waals surface area contributed by atoms with Crippen LogP contribution in [0.3, 0.4) is 0 Å². The second-order valence-electron chi connectivity index (χ2n) is 2.96. The predicted molar refractivity (Wildman–Crippen MR) is 53.8 cm³/mol. The molecule has 1 aliphatic carbocycles. The van der Waals surface area contributed by atoms with Crippen LogP contribution in [0, 0.1) is 37.3 Å². The van der Waals surface area contributed by atoms with Crippen LogP contribution in [0.2, 0.25) is 0 Å². The van der Waals surface area contributed by atoms with Gasteiger partial charge in [-0.2, -0.15) is 11.8 Å². The fourth-order valence-electron chi connectivity index (χ4n) is 1.39. The number of hydrogen-bond acceptors (Lipinski definition) is 3. The maximum Gasteiger partial charge on any atom is 0.0721 e. The second kappa shape index (κ2) is 5.95. The Morgan fingerprint density at radius 3 is 3.07 bits per heavy atom. The molecule has 1 aromatic rings. The Kier molecular flexibility index (Phi) is 5.22. The minimum absolute atomic E-state index is 0. The first-order valence-corrected chi connectivity index (χ1v) is 5.59. The molecule has 0 radical (unpaired) electrons. The number of rotatable bonds is 1. The Bertz CT molecular complexity index is 339. The van der Waals surface area contributed by atoms with Gasteiger partial charge in [-0.3, -0.25) is 0 Å². The predicted octanol–water partition coefficient (Wildman–Crippen LogP) is 2.04. The average Bonchev–Trinajstić information content (AvgIpc) is 2.41. The van der Waals surface area contributed by atoms with E-state index < -0.39 is 0 Å². The molecule has 0 unspecified atom stereocenters. The van der Waals surface area contributed by atoms with Crippen molar-refractivity contribution in [2.24, 2.45) is 0 Å². The van der Waals surface area contributed by atoms with E-state index in [9.17, 15) is 0 Å². The minimum atomic E-state index is 0. The SMILES string of the molecule is CSc1n[c-]c2c(n1)CC=CCC2.[U]. The van der Waals surface area contributed by atoms with Gasteiger partial charge in [0, 0.05) is 31.1 Å². The molecule has 4 heteroatoms. The van der Waals surface area contributed by atoms with Crippen LogP contribution in [0.5, 0.6) is 0 Å². The van der Waals surface area contributed by atoms with E-state index >= 15 is 0 Å². The van der Waals surface area contributed by atoms with Crippen LogP contribution in [0.25, 0.3) is 0 Å². The van der Waals surface area contributed by atoms with Gasteiger partial charge >= 0.3 is 0 Å². The standard InChI is InChI=1S/C10H11N2S.U/c1-13-10-11-7-8-5-3-2-4-6-9(8)12-10;/h2,4H,3,5-6H2,1H3;/q-1;. The van der Waals surface area contributed by atoms with Crippen LogP contribution >= 0.6 is 11.8 Å². The molecule has 14 heavy (non-hydrogen) atoms. The first-order chi connectivity index (χ1) is 6.40. The molecule has 0 saturated heterocycles. The van der Waals surface area contributed by atoms with E-state index in [2.05, 4.69) is 28.3 Å². The number of hydrogen-bond donors (Lipinski definition) is 0. The number of aromatic nitrogens is 2. The van der Waals surface area contributed by atoms with E-state index in [-0.39, 0.29) is 31.1 Å². The molecular formula is C10H11N2SU-. The van der Waals surface area contributed by atoms with Gasteiger partial charge in [0.1, 0.15) is 0 Å². The largest absolute Gasteiger partial charge is 0.363 e. The van der Waals surface area contributed by atoms with Crippen LogP contribution < -0.4 is 0 Å². The van der Waals surface area contributed by atoms with Crippen LogP contribution in [-0.2, 0) is 12.8 Å². The second-order valence-corrected chi connectivity index (χ2v) is 3.73. The number of nitrogens with zero attached hydrogens (tertiary/aromatic N) is 2. The van der Waals surface area contributed by atoms with Crippen molar-refractivity contribution in [3.63, 3.8) is 0 Å². The summed E-state index contributed by atoms with van der Waals surface area (Å²) in [6, 6.07) is 0. The summed E-state index contributed by atoms with van der Waals surface area (Å²) >= 11 is 1.57. The van der Waals surface area contributed by atoms with Gasteiger partial charge in [0.2, 0.25) is 0 Å². The molecule has 72 valence electrons. The van der Waals surface area contributed by atoms with Crippen molar-refractivity contribution >= 4 is 11.8 Å². The van der Waals surface area contributed by atoms with Crippen molar-refractivity contribution < 1.29 is 31.1 Å². The van der Waals surface area contributed by atoms with Crippen molar-refractivity contribution in [2.45, 2.75) is 24.4 Å². The molecule has 2 nitrogen and oxygen atoms in total. The third kappa shape index (κ3) is 2.85. The third-order valence-electron chi connectivity index (χ3n) is 2.09. The van der Waals surface area contributed by atoms with Crippen molar-refractivity contribution in [1.82, 2.24) is 9.97 Å². The zero-order chi connectivity index (χ0) is 9.10. The van der Waals surface area contributed by atoms with Gasteiger partial charge in [0.05, 0.1) is 5.16 Å². The van der Waals surface area contributed by atoms with Crippen molar-refractivity contribution in [3.05, 3.63) is 29.6 Å². The number of aryl methyl sites for hydroxylation is 1. The first-order valence-electron chi connectivity index (χ1n) is 4.36. The van der Waals surface area contributed by atoms with Gasteiger partial charge in [-0.05, 0) is 25.5 Å². The van der Waals surface area contributed by atoms with E-state index in [0.717, 1.165) is 30.1 Å². The smallest absolute Gasteiger partial charge is 0.0721 e. The molecule has 0 aromatic carbocycles. The summed E-state index contributed by atoms with van der Waals surface area (Å²) in [5.41, 5.74) is 2.33. The van der Waals surface area contributed by atoms with Crippen molar-refractivity contribution in [1.29, 1.82) is 0 Å². The summed E-state index contributed by atoms with van der Waals surface area (Å²) in [5.74, 6) is 0. The van der Waals surface area contributed by atoms with Gasteiger partial charge in [-0.25, -0.2) is 0 Å². The van der Waals surface area contributed by atoms with Crippen molar-refractivity contribution in [3.8, 4) is 0 Å². The number of fused-ring (bicyclic) bond motifs is 1. The molecule has 1 aliphatic rings. The van der Waals surface area contributed by atoms with Crippen LogP contribution in [0.15, 0.2) is 17.3 Å². The molecule has 0 bridgehead atoms. The van der Waals surface area contributed by atoms with Crippen LogP contribution in [0.1, 0.15) is 17.7 Å². The van der Waals surface area contributed by atoms with Crippen molar-refractivity contribution in [2.75, 3.05) is 6.26 Å². The Hall–Kier alpha value is 0.222. The molecule has 0 fully saturated rings. The summed E-state index contributed by atoms with van der Waals surface area (Å²) in [6.07, 6.45) is 12.5. The third-order valence-corrected chi connectivity index (χ3v) is 2.63. The molecule has 0 saturated carbocycles. The van der Waals surface area contributed by atoms with E-state index in [4.69, 9.17) is 0 Å². The summed E-state index contributed by atoms with van der Waals surface area (Å²) in [5, 5.41) is 0.828. The van der Waals surface area contributed by atoms with E-state index in [1.54, 1.807) is 11.8 Å². The molecule has 0 amide bonds. The summed E-state index contributed by atoms with van der Waals surface area (Å²) in [4.78, 5) is 8.61. The van der Waals surface area contributed by atoms with Gasteiger partial charge < -0.3 is 9.97 Å². The van der Waals surface area contributed by atoms with Gasteiger partial charge in [0.25, 0.3) is 0 Å². The zero-order valence-electron chi connectivity index (χ0n) is 8.08. The summed E-state index contributed by atoms with van der Waals surface area (Å²) in [7, 11) is 0. The van der Waals surface area contributed by atoms with Gasteiger partial charge in [0.15, 0.2) is 0 Å². The molecule has 0 N–H and O–H groups in total. The number of thioether (sulfide) groups is 1. The molecule has 0 aliphatic heterocycles. The molecule has 0 spiro atoms. The Morgan fingerprint density at radius 2 is 2.29 bits per heavy atom. The Balaban J connectivity index is 0.000000980. The fourth-order valence-corrected chi connectivity index (χ4v) is 1.73. The Labute approximate surface area is 112 Å². The maximum atomic E-state index is 4.46. The normalized spacial score (nSPS) is 14.1. The molecule has 1 aromatic heterocycles. The quantitative estimate of drug-likeness (QED) is 0.296. The fraction of sp³-hybridized carbons (Fsp3) is 0.400. The molecular weight excluding hydrogens is 418 g/mol. The minimum Gasteiger partial charge on any atom is -0.363 e. The van der Waals surface area contributed by atoms with Gasteiger partial charge in [-0.15, -0.1) is 5.56 Å².